The second-order valence-electron chi connectivity index (χ2n) is 5.90. The van der Waals surface area contributed by atoms with Crippen LogP contribution in [-0.4, -0.2) is 43.8 Å². The highest BCUT2D eigenvalue weighted by Crippen LogP contribution is 2.33. The summed E-state index contributed by atoms with van der Waals surface area (Å²) in [5.41, 5.74) is 6.47. The average molecular weight is 228 g/mol. The topological polar surface area (TPSA) is 38.5 Å². The molecule has 1 unspecified atom stereocenters. The molecule has 96 valence electrons. The van der Waals surface area contributed by atoms with E-state index in [1.54, 1.807) is 7.11 Å². The molecule has 0 aromatic rings. The van der Waals surface area contributed by atoms with E-state index in [1.165, 1.54) is 12.8 Å². The number of rotatable bonds is 5. The molecule has 0 aliphatic carbocycles. The minimum absolute atomic E-state index is 0.0481. The maximum atomic E-state index is 6.00. The average Bonchev–Trinajstić information content (AvgIpc) is 2.24. The van der Waals surface area contributed by atoms with E-state index in [0.717, 1.165) is 26.1 Å². The molecule has 0 amide bonds. The van der Waals surface area contributed by atoms with Gasteiger partial charge in [-0.05, 0) is 31.2 Å². The van der Waals surface area contributed by atoms with Gasteiger partial charge in [0.15, 0.2) is 0 Å². The zero-order chi connectivity index (χ0) is 12.2. The Bertz CT molecular complexity index is 212. The zero-order valence-electron chi connectivity index (χ0n) is 11.4. The first-order valence-corrected chi connectivity index (χ1v) is 6.44. The largest absolute Gasteiger partial charge is 0.383 e. The second kappa shape index (κ2) is 5.48. The minimum Gasteiger partial charge on any atom is -0.383 e. The lowest BCUT2D eigenvalue weighted by Crippen LogP contribution is -2.60. The molecule has 1 rings (SSSR count). The van der Waals surface area contributed by atoms with Crippen LogP contribution in [0.15, 0.2) is 0 Å². The lowest BCUT2D eigenvalue weighted by atomic mass is 9.81. The van der Waals surface area contributed by atoms with Crippen LogP contribution >= 0.6 is 0 Å². The van der Waals surface area contributed by atoms with E-state index in [1.807, 2.05) is 0 Å². The zero-order valence-corrected chi connectivity index (χ0v) is 11.4. The van der Waals surface area contributed by atoms with Gasteiger partial charge in [0.1, 0.15) is 0 Å². The van der Waals surface area contributed by atoms with Gasteiger partial charge in [-0.15, -0.1) is 0 Å². The molecule has 0 spiro atoms. The van der Waals surface area contributed by atoms with E-state index in [0.29, 0.717) is 12.0 Å². The highest BCUT2D eigenvalue weighted by atomic mass is 16.5. The van der Waals surface area contributed by atoms with Crippen LogP contribution in [0.5, 0.6) is 0 Å². The molecule has 16 heavy (non-hydrogen) atoms. The first kappa shape index (κ1) is 13.9. The summed E-state index contributed by atoms with van der Waals surface area (Å²) >= 11 is 0. The maximum Gasteiger partial charge on any atom is 0.0658 e. The van der Waals surface area contributed by atoms with Crippen LogP contribution in [0.2, 0.25) is 0 Å². The lowest BCUT2D eigenvalue weighted by Gasteiger charge is -2.49. The molecule has 3 nitrogen and oxygen atoms in total. The molecule has 0 saturated carbocycles. The Morgan fingerprint density at radius 1 is 1.44 bits per heavy atom. The summed E-state index contributed by atoms with van der Waals surface area (Å²) in [6.07, 6.45) is 3.66. The van der Waals surface area contributed by atoms with Gasteiger partial charge in [-0.3, -0.25) is 4.90 Å². The van der Waals surface area contributed by atoms with Crippen molar-refractivity contribution in [3.63, 3.8) is 0 Å². The molecule has 1 fully saturated rings. The van der Waals surface area contributed by atoms with Crippen molar-refractivity contribution in [2.75, 3.05) is 33.4 Å². The van der Waals surface area contributed by atoms with E-state index in [2.05, 4.69) is 25.7 Å². The molecule has 1 saturated heterocycles. The fourth-order valence-electron chi connectivity index (χ4n) is 2.85. The Kier molecular flexibility index (Phi) is 4.77. The predicted octanol–water partition coefficient (Wildman–Crippen LogP) is 1.86. The van der Waals surface area contributed by atoms with Crippen LogP contribution in [0.3, 0.4) is 0 Å². The van der Waals surface area contributed by atoms with Crippen LogP contribution in [0.4, 0.5) is 0 Å². The summed E-state index contributed by atoms with van der Waals surface area (Å²) in [4.78, 5) is 2.56. The van der Waals surface area contributed by atoms with Gasteiger partial charge in [0.25, 0.3) is 0 Å². The van der Waals surface area contributed by atoms with E-state index in [-0.39, 0.29) is 5.54 Å². The van der Waals surface area contributed by atoms with Gasteiger partial charge < -0.3 is 10.5 Å². The van der Waals surface area contributed by atoms with Crippen LogP contribution in [0.1, 0.15) is 40.0 Å². The summed E-state index contributed by atoms with van der Waals surface area (Å²) in [5, 5.41) is 0. The van der Waals surface area contributed by atoms with E-state index in [4.69, 9.17) is 10.5 Å². The predicted molar refractivity (Wildman–Crippen MR) is 68.5 cm³/mol. The number of piperidine rings is 1. The summed E-state index contributed by atoms with van der Waals surface area (Å²) < 4.78 is 5.39. The van der Waals surface area contributed by atoms with Crippen molar-refractivity contribution in [2.24, 2.45) is 11.1 Å². The summed E-state index contributed by atoms with van der Waals surface area (Å²) in [6, 6.07) is 0. The summed E-state index contributed by atoms with van der Waals surface area (Å²) in [6.45, 7) is 10.7. The quantitative estimate of drug-likeness (QED) is 0.780. The van der Waals surface area contributed by atoms with Crippen LogP contribution < -0.4 is 5.73 Å². The smallest absolute Gasteiger partial charge is 0.0658 e. The number of hydrogen-bond acceptors (Lipinski definition) is 3. The molecule has 0 aromatic carbocycles. The molecule has 2 N–H and O–H groups in total. The molecular formula is C13H28N2O. The van der Waals surface area contributed by atoms with E-state index >= 15 is 0 Å². The number of hydrogen-bond donors (Lipinski definition) is 1. The molecule has 0 aromatic heterocycles. The van der Waals surface area contributed by atoms with Gasteiger partial charge in [-0.2, -0.15) is 0 Å². The van der Waals surface area contributed by atoms with Crippen LogP contribution in [-0.2, 0) is 4.74 Å². The van der Waals surface area contributed by atoms with Crippen molar-refractivity contribution in [3.05, 3.63) is 0 Å². The van der Waals surface area contributed by atoms with Crippen LogP contribution in [0, 0.1) is 5.41 Å². The SMILES string of the molecule is CCC(CN)(COC)N1CCCC(C)(C)C1. The molecule has 1 aliphatic heterocycles. The van der Waals surface area contributed by atoms with Crippen molar-refractivity contribution < 1.29 is 4.74 Å². The van der Waals surface area contributed by atoms with Gasteiger partial charge in [0, 0.05) is 20.2 Å². The third-order valence-corrected chi connectivity index (χ3v) is 4.02. The molecule has 0 bridgehead atoms. The standard InChI is InChI=1S/C13H28N2O/c1-5-13(9-14,11-16-4)15-8-6-7-12(2,3)10-15/h5-11,14H2,1-4H3. The summed E-state index contributed by atoms with van der Waals surface area (Å²) in [5.74, 6) is 0. The van der Waals surface area contributed by atoms with E-state index < -0.39 is 0 Å². The van der Waals surface area contributed by atoms with Crippen LogP contribution in [0.25, 0.3) is 0 Å². The molecule has 1 atom stereocenters. The normalized spacial score (nSPS) is 25.3. The van der Waals surface area contributed by atoms with Crippen molar-refractivity contribution in [1.29, 1.82) is 0 Å². The summed E-state index contributed by atoms with van der Waals surface area (Å²) in [7, 11) is 1.77. The number of methoxy groups -OCH3 is 1. The number of nitrogens with two attached hydrogens (primary N) is 1. The fourth-order valence-corrected chi connectivity index (χ4v) is 2.85. The second-order valence-corrected chi connectivity index (χ2v) is 5.90. The highest BCUT2D eigenvalue weighted by molar-refractivity contribution is 4.95. The van der Waals surface area contributed by atoms with Gasteiger partial charge >= 0.3 is 0 Å². The van der Waals surface area contributed by atoms with Gasteiger partial charge in [-0.25, -0.2) is 0 Å². The highest BCUT2D eigenvalue weighted by Gasteiger charge is 2.39. The molecule has 0 radical (unpaired) electrons. The third kappa shape index (κ3) is 2.96. The Hall–Kier alpha value is -0.120. The molecule has 1 aliphatic rings. The lowest BCUT2D eigenvalue weighted by molar-refractivity contribution is -0.0287. The molecular weight excluding hydrogens is 200 g/mol. The van der Waals surface area contributed by atoms with Crippen molar-refractivity contribution in [3.8, 4) is 0 Å². The molecule has 3 heteroatoms. The van der Waals surface area contributed by atoms with Gasteiger partial charge in [-0.1, -0.05) is 20.8 Å². The Labute approximate surface area is 100 Å². The van der Waals surface area contributed by atoms with Gasteiger partial charge in [0.05, 0.1) is 12.1 Å². The Balaban J connectivity index is 2.77. The number of ether oxygens (including phenoxy) is 1. The van der Waals surface area contributed by atoms with Crippen molar-refractivity contribution in [2.45, 2.75) is 45.6 Å². The third-order valence-electron chi connectivity index (χ3n) is 4.02. The first-order chi connectivity index (χ1) is 7.49. The van der Waals surface area contributed by atoms with Crippen molar-refractivity contribution in [1.82, 2.24) is 4.90 Å². The maximum absolute atomic E-state index is 6.00. The van der Waals surface area contributed by atoms with E-state index in [9.17, 15) is 0 Å². The Morgan fingerprint density at radius 3 is 2.56 bits per heavy atom. The van der Waals surface area contributed by atoms with Crippen molar-refractivity contribution >= 4 is 0 Å². The first-order valence-electron chi connectivity index (χ1n) is 6.44. The number of likely N-dealkylation sites (tertiary alicyclic amines) is 1. The number of nitrogens with zero attached hydrogens (tertiary/aromatic N) is 1. The Morgan fingerprint density at radius 2 is 2.12 bits per heavy atom. The minimum atomic E-state index is 0.0481. The van der Waals surface area contributed by atoms with Gasteiger partial charge in [0.2, 0.25) is 0 Å². The fraction of sp³-hybridized carbons (Fsp3) is 1.00. The molecule has 1 heterocycles. The monoisotopic (exact) mass is 228 g/mol.